The molecule has 0 amide bonds. The van der Waals surface area contributed by atoms with Crippen LogP contribution >= 0.6 is 7.26 Å². The van der Waals surface area contributed by atoms with Gasteiger partial charge in [-0.2, -0.15) is 0 Å². The zero-order valence-electron chi connectivity index (χ0n) is 5.45. The summed E-state index contributed by atoms with van der Waals surface area (Å²) >= 11 is 0. The fourth-order valence-electron chi connectivity index (χ4n) is 0. The fourth-order valence-corrected chi connectivity index (χ4v) is 0. The molecule has 7 heavy (non-hydrogen) atoms. The van der Waals surface area contributed by atoms with Gasteiger partial charge in [0.1, 0.15) is 5.45 Å². The molecule has 0 aliphatic carbocycles. The molecule has 2 heteroatoms. The Balaban J connectivity index is 3.79. The predicted molar refractivity (Wildman–Crippen MR) is 38.1 cm³/mol. The molecule has 0 heterocycles. The molecule has 0 aromatic carbocycles. The van der Waals surface area contributed by atoms with Crippen molar-refractivity contribution in [1.82, 2.24) is 0 Å². The van der Waals surface area contributed by atoms with Crippen molar-refractivity contribution in [1.29, 1.82) is 5.41 Å². The molecular formula is C5H13NP+. The van der Waals surface area contributed by atoms with Crippen LogP contribution in [0, 0.1) is 5.41 Å². The molecule has 0 unspecified atom stereocenters. The third kappa shape index (κ3) is 2.76. The molecule has 0 spiro atoms. The van der Waals surface area contributed by atoms with Gasteiger partial charge in [-0.05, 0) is 0 Å². The van der Waals surface area contributed by atoms with Gasteiger partial charge in [-0.25, -0.2) is 0 Å². The minimum Gasteiger partial charge on any atom is -0.272 e. The normalized spacial score (nSPS) is 11.4. The van der Waals surface area contributed by atoms with Crippen LogP contribution in [-0.4, -0.2) is 25.4 Å². The lowest BCUT2D eigenvalue weighted by molar-refractivity contribution is 1.52. The smallest absolute Gasteiger partial charge is 0.147 e. The quantitative estimate of drug-likeness (QED) is 0.401. The van der Waals surface area contributed by atoms with E-state index in [0.29, 0.717) is 0 Å². The summed E-state index contributed by atoms with van der Waals surface area (Å²) in [6.45, 7) is 8.33. The Labute approximate surface area is 46.0 Å². The summed E-state index contributed by atoms with van der Waals surface area (Å²) in [4.78, 5) is 0. The van der Waals surface area contributed by atoms with Crippen LogP contribution in [0.25, 0.3) is 0 Å². The van der Waals surface area contributed by atoms with Crippen molar-refractivity contribution in [3.63, 3.8) is 0 Å². The fraction of sp³-hybridized carbons (Fsp3) is 0.800. The minimum absolute atomic E-state index is 0.854. The van der Waals surface area contributed by atoms with Crippen molar-refractivity contribution in [3.8, 4) is 0 Å². The molecule has 0 fully saturated rings. The van der Waals surface area contributed by atoms with Crippen molar-refractivity contribution >= 4 is 12.7 Å². The van der Waals surface area contributed by atoms with E-state index in [4.69, 9.17) is 5.41 Å². The molecular weight excluding hydrogens is 105 g/mol. The Morgan fingerprint density at radius 1 is 1.29 bits per heavy atom. The standard InChI is InChI=1S/C5H13NP/c1-5(6)7(2,3)4/h6H,1-4H3/q+1. The highest BCUT2D eigenvalue weighted by Gasteiger charge is 2.19. The highest BCUT2D eigenvalue weighted by molar-refractivity contribution is 7.89. The molecule has 0 rings (SSSR count). The lowest BCUT2D eigenvalue weighted by atomic mass is 10.9. The van der Waals surface area contributed by atoms with Gasteiger partial charge in [-0.15, -0.1) is 0 Å². The zero-order valence-corrected chi connectivity index (χ0v) is 6.34. The van der Waals surface area contributed by atoms with Gasteiger partial charge >= 0.3 is 0 Å². The average Bonchev–Trinajstić information content (AvgIpc) is 1.31. The number of hydrogen-bond donors (Lipinski definition) is 1. The Kier molecular flexibility index (Phi) is 1.94. The first kappa shape index (κ1) is 7.10. The summed E-state index contributed by atoms with van der Waals surface area (Å²) in [5.41, 5.74) is 0.854. The number of nitrogens with one attached hydrogen (secondary N) is 1. The van der Waals surface area contributed by atoms with Gasteiger partial charge < -0.3 is 0 Å². The maximum Gasteiger partial charge on any atom is 0.147 e. The molecule has 0 bridgehead atoms. The van der Waals surface area contributed by atoms with Crippen LogP contribution in [0.1, 0.15) is 6.92 Å². The molecule has 1 nitrogen and oxygen atoms in total. The van der Waals surface area contributed by atoms with E-state index in [1.54, 1.807) is 0 Å². The zero-order chi connectivity index (χ0) is 6.08. The van der Waals surface area contributed by atoms with Crippen LogP contribution in [0.4, 0.5) is 0 Å². The van der Waals surface area contributed by atoms with E-state index in [2.05, 4.69) is 20.0 Å². The van der Waals surface area contributed by atoms with Gasteiger partial charge in [-0.1, -0.05) is 0 Å². The van der Waals surface area contributed by atoms with Crippen LogP contribution in [0.5, 0.6) is 0 Å². The second kappa shape index (κ2) is 1.92. The molecule has 0 saturated carbocycles. The summed E-state index contributed by atoms with van der Waals surface area (Å²) in [5, 5.41) is 7.20. The van der Waals surface area contributed by atoms with Crippen molar-refractivity contribution in [2.75, 3.05) is 20.0 Å². The van der Waals surface area contributed by atoms with Crippen LogP contribution < -0.4 is 0 Å². The lowest BCUT2D eigenvalue weighted by Gasteiger charge is -2.06. The van der Waals surface area contributed by atoms with Crippen LogP contribution in [0.2, 0.25) is 0 Å². The van der Waals surface area contributed by atoms with E-state index in [9.17, 15) is 0 Å². The van der Waals surface area contributed by atoms with Crippen molar-refractivity contribution in [2.45, 2.75) is 6.92 Å². The van der Waals surface area contributed by atoms with Crippen LogP contribution in [0.3, 0.4) is 0 Å². The Bertz CT molecular complexity index is 80.6. The monoisotopic (exact) mass is 118 g/mol. The molecule has 1 N–H and O–H groups in total. The molecule has 0 atom stereocenters. The second-order valence-corrected chi connectivity index (χ2v) is 7.29. The SMILES string of the molecule is CC(=N)[P+](C)(C)C. The van der Waals surface area contributed by atoms with Crippen LogP contribution in [0.15, 0.2) is 0 Å². The van der Waals surface area contributed by atoms with E-state index in [0.717, 1.165) is 5.45 Å². The van der Waals surface area contributed by atoms with Gasteiger partial charge in [0.2, 0.25) is 0 Å². The van der Waals surface area contributed by atoms with Gasteiger partial charge in [0.05, 0.1) is 27.3 Å². The topological polar surface area (TPSA) is 23.9 Å². The molecule has 0 radical (unpaired) electrons. The molecule has 0 aromatic heterocycles. The Morgan fingerprint density at radius 2 is 1.43 bits per heavy atom. The second-order valence-electron chi connectivity index (χ2n) is 2.60. The van der Waals surface area contributed by atoms with Crippen LogP contribution in [-0.2, 0) is 0 Å². The number of rotatable bonds is 1. The third-order valence-corrected chi connectivity index (χ3v) is 3.02. The van der Waals surface area contributed by atoms with Crippen molar-refractivity contribution in [3.05, 3.63) is 0 Å². The highest BCUT2D eigenvalue weighted by atomic mass is 31.2. The van der Waals surface area contributed by atoms with E-state index in [1.165, 1.54) is 0 Å². The first-order valence-electron chi connectivity index (χ1n) is 2.32. The number of hydrogen-bond acceptors (Lipinski definition) is 1. The molecule has 0 aliphatic rings. The highest BCUT2D eigenvalue weighted by Crippen LogP contribution is 2.46. The van der Waals surface area contributed by atoms with E-state index >= 15 is 0 Å². The largest absolute Gasteiger partial charge is 0.272 e. The van der Waals surface area contributed by atoms with E-state index in [-0.39, 0.29) is 0 Å². The Morgan fingerprint density at radius 3 is 1.43 bits per heavy atom. The molecule has 0 aromatic rings. The third-order valence-electron chi connectivity index (χ3n) is 1.01. The minimum atomic E-state index is -0.904. The molecule has 42 valence electrons. The van der Waals surface area contributed by atoms with Gasteiger partial charge in [0, 0.05) is 6.92 Å². The maximum absolute atomic E-state index is 7.20. The molecule has 0 saturated heterocycles. The van der Waals surface area contributed by atoms with Gasteiger partial charge in [0.15, 0.2) is 0 Å². The van der Waals surface area contributed by atoms with Crippen molar-refractivity contribution in [2.24, 2.45) is 0 Å². The van der Waals surface area contributed by atoms with E-state index in [1.807, 2.05) is 6.92 Å². The summed E-state index contributed by atoms with van der Waals surface area (Å²) in [6, 6.07) is 0. The summed E-state index contributed by atoms with van der Waals surface area (Å²) in [5.74, 6) is 0. The summed E-state index contributed by atoms with van der Waals surface area (Å²) in [6.07, 6.45) is 0. The first-order chi connectivity index (χ1) is 2.94. The summed E-state index contributed by atoms with van der Waals surface area (Å²) in [7, 11) is -0.904. The first-order valence-corrected chi connectivity index (χ1v) is 5.45. The van der Waals surface area contributed by atoms with Crippen molar-refractivity contribution < 1.29 is 0 Å². The molecule has 0 aliphatic heterocycles. The summed E-state index contributed by atoms with van der Waals surface area (Å²) < 4.78 is 0. The van der Waals surface area contributed by atoms with E-state index < -0.39 is 7.26 Å². The Hall–Kier alpha value is 0.100. The average molecular weight is 118 g/mol. The van der Waals surface area contributed by atoms with Gasteiger partial charge in [0.25, 0.3) is 0 Å². The lowest BCUT2D eigenvalue weighted by Crippen LogP contribution is -1.94. The van der Waals surface area contributed by atoms with Gasteiger partial charge in [-0.3, -0.25) is 5.41 Å². The predicted octanol–water partition coefficient (Wildman–Crippen LogP) is 1.89. The maximum atomic E-state index is 7.20.